The zero-order valence-electron chi connectivity index (χ0n) is 17.6. The van der Waals surface area contributed by atoms with Crippen LogP contribution in [0.25, 0.3) is 0 Å². The van der Waals surface area contributed by atoms with Crippen molar-refractivity contribution >= 4 is 0 Å². The van der Waals surface area contributed by atoms with Gasteiger partial charge in [-0.3, -0.25) is 0 Å². The molecule has 10 nitrogen and oxygen atoms in total. The molecule has 0 radical (unpaired) electrons. The monoisotopic (exact) mass is 438 g/mol. The van der Waals surface area contributed by atoms with E-state index >= 15 is 0 Å². The molecule has 0 aromatic rings. The van der Waals surface area contributed by atoms with Crippen LogP contribution in [0.3, 0.4) is 0 Å². The third-order valence-electron chi connectivity index (χ3n) is 5.61. The summed E-state index contributed by atoms with van der Waals surface area (Å²) in [4.78, 5) is 0. The van der Waals surface area contributed by atoms with Gasteiger partial charge in [0.15, 0.2) is 12.6 Å². The lowest BCUT2D eigenvalue weighted by Crippen LogP contribution is -2.60. The number of unbranched alkanes of at least 4 members (excludes halogenated alkanes) is 5. The highest BCUT2D eigenvalue weighted by atomic mass is 16.7. The maximum atomic E-state index is 10.2. The molecule has 0 saturated carbocycles. The first-order valence-electron chi connectivity index (χ1n) is 10.9. The zero-order chi connectivity index (χ0) is 22.1. The highest BCUT2D eigenvalue weighted by molar-refractivity contribution is 4.89. The Morgan fingerprint density at radius 3 is 2.17 bits per heavy atom. The molecule has 2 aliphatic rings. The standard InChI is InChI=1S/C20H38O10/c1-2-3-4-5-6-7-8-27-15-9-12(22)16(23)14(29-15)11-28-20-19(26)18(25)17(24)13(10-21)30-20/h12-26H,2-11H2,1H3/t12-,13-,14-,15+,16+,17-,18+,19+,20+/m1/s1. The zero-order valence-corrected chi connectivity index (χ0v) is 17.6. The molecule has 0 bridgehead atoms. The van der Waals surface area contributed by atoms with Gasteiger partial charge in [0, 0.05) is 13.0 Å². The van der Waals surface area contributed by atoms with Crippen LogP contribution in [-0.2, 0) is 18.9 Å². The van der Waals surface area contributed by atoms with Crippen molar-refractivity contribution in [3.63, 3.8) is 0 Å². The van der Waals surface area contributed by atoms with E-state index in [4.69, 9.17) is 18.9 Å². The van der Waals surface area contributed by atoms with E-state index in [2.05, 4.69) is 6.92 Å². The van der Waals surface area contributed by atoms with Crippen LogP contribution in [0.4, 0.5) is 0 Å². The Hall–Kier alpha value is -0.400. The SMILES string of the molecule is CCCCCCCCO[C@@H]1C[C@@H](O)[C@H](O)[C@@H](CO[C@H]2O[C@H](CO)[C@@H](O)[C@H](O)[C@@H]2O)O1. The molecule has 0 aliphatic carbocycles. The van der Waals surface area contributed by atoms with Crippen molar-refractivity contribution in [2.75, 3.05) is 19.8 Å². The summed E-state index contributed by atoms with van der Waals surface area (Å²) in [7, 11) is 0. The summed E-state index contributed by atoms with van der Waals surface area (Å²) in [6, 6.07) is 0. The van der Waals surface area contributed by atoms with Gasteiger partial charge in [0.2, 0.25) is 0 Å². The van der Waals surface area contributed by atoms with Gasteiger partial charge in [0.25, 0.3) is 0 Å². The van der Waals surface area contributed by atoms with E-state index in [1.54, 1.807) is 0 Å². The van der Waals surface area contributed by atoms with E-state index < -0.39 is 61.9 Å². The number of hydrogen-bond donors (Lipinski definition) is 6. The van der Waals surface area contributed by atoms with Gasteiger partial charge in [-0.05, 0) is 6.42 Å². The lowest BCUT2D eigenvalue weighted by molar-refractivity contribution is -0.318. The Morgan fingerprint density at radius 1 is 0.767 bits per heavy atom. The van der Waals surface area contributed by atoms with Gasteiger partial charge in [0.1, 0.15) is 36.6 Å². The second kappa shape index (κ2) is 13.2. The van der Waals surface area contributed by atoms with Crippen LogP contribution >= 0.6 is 0 Å². The molecule has 0 amide bonds. The van der Waals surface area contributed by atoms with Gasteiger partial charge in [-0.2, -0.15) is 0 Å². The molecule has 0 aromatic heterocycles. The van der Waals surface area contributed by atoms with E-state index in [0.29, 0.717) is 6.61 Å². The van der Waals surface area contributed by atoms with Crippen LogP contribution in [0.2, 0.25) is 0 Å². The molecule has 6 N–H and O–H groups in total. The van der Waals surface area contributed by atoms with Crippen molar-refractivity contribution in [3.05, 3.63) is 0 Å². The van der Waals surface area contributed by atoms with Crippen molar-refractivity contribution < 1.29 is 49.6 Å². The highest BCUT2D eigenvalue weighted by Gasteiger charge is 2.45. The van der Waals surface area contributed by atoms with Crippen LogP contribution in [0.15, 0.2) is 0 Å². The Morgan fingerprint density at radius 2 is 1.47 bits per heavy atom. The first kappa shape index (κ1) is 25.9. The van der Waals surface area contributed by atoms with Crippen molar-refractivity contribution in [1.29, 1.82) is 0 Å². The summed E-state index contributed by atoms with van der Waals surface area (Å²) in [5.41, 5.74) is 0. The lowest BCUT2D eigenvalue weighted by Gasteiger charge is -2.41. The van der Waals surface area contributed by atoms with E-state index in [-0.39, 0.29) is 13.0 Å². The summed E-state index contributed by atoms with van der Waals surface area (Å²) in [5.74, 6) is 0. The summed E-state index contributed by atoms with van der Waals surface area (Å²) in [6.07, 6.45) is -4.07. The topological polar surface area (TPSA) is 158 Å². The van der Waals surface area contributed by atoms with Crippen molar-refractivity contribution in [3.8, 4) is 0 Å². The van der Waals surface area contributed by atoms with Gasteiger partial charge in [0.05, 0.1) is 19.3 Å². The van der Waals surface area contributed by atoms with Crippen LogP contribution in [0.1, 0.15) is 51.9 Å². The van der Waals surface area contributed by atoms with Crippen LogP contribution in [0, 0.1) is 0 Å². The number of hydrogen-bond acceptors (Lipinski definition) is 10. The van der Waals surface area contributed by atoms with Crippen LogP contribution < -0.4 is 0 Å². The smallest absolute Gasteiger partial charge is 0.186 e. The molecule has 2 rings (SSSR count). The van der Waals surface area contributed by atoms with Gasteiger partial charge in [-0.15, -0.1) is 0 Å². The van der Waals surface area contributed by atoms with E-state index in [1.165, 1.54) is 19.3 Å². The Balaban J connectivity index is 1.77. The van der Waals surface area contributed by atoms with E-state index in [9.17, 15) is 30.6 Å². The molecule has 0 aromatic carbocycles. The lowest BCUT2D eigenvalue weighted by atomic mass is 9.99. The minimum Gasteiger partial charge on any atom is -0.394 e. The molecule has 2 saturated heterocycles. The predicted molar refractivity (Wildman–Crippen MR) is 104 cm³/mol. The summed E-state index contributed by atoms with van der Waals surface area (Å²) >= 11 is 0. The Kier molecular flexibility index (Phi) is 11.4. The fourth-order valence-corrected chi connectivity index (χ4v) is 3.65. The molecule has 0 unspecified atom stereocenters. The second-order valence-electron chi connectivity index (χ2n) is 8.07. The third-order valence-corrected chi connectivity index (χ3v) is 5.61. The first-order valence-corrected chi connectivity index (χ1v) is 10.9. The van der Waals surface area contributed by atoms with Crippen molar-refractivity contribution in [1.82, 2.24) is 0 Å². The number of rotatable bonds is 12. The summed E-state index contributed by atoms with van der Waals surface area (Å²) in [5, 5.41) is 59.2. The molecule has 0 spiro atoms. The second-order valence-corrected chi connectivity index (χ2v) is 8.07. The first-order chi connectivity index (χ1) is 14.4. The van der Waals surface area contributed by atoms with Gasteiger partial charge in [-0.25, -0.2) is 0 Å². The molecule has 2 heterocycles. The number of ether oxygens (including phenoxy) is 4. The summed E-state index contributed by atoms with van der Waals surface area (Å²) < 4.78 is 22.1. The van der Waals surface area contributed by atoms with E-state index in [0.717, 1.165) is 19.3 Å². The van der Waals surface area contributed by atoms with Crippen LogP contribution in [0.5, 0.6) is 0 Å². The molecular formula is C20H38O10. The predicted octanol–water partition coefficient (Wildman–Crippen LogP) is -0.983. The highest BCUT2D eigenvalue weighted by Crippen LogP contribution is 2.25. The Labute approximate surface area is 177 Å². The maximum Gasteiger partial charge on any atom is 0.186 e. The van der Waals surface area contributed by atoms with E-state index in [1.807, 2.05) is 0 Å². The molecule has 9 atom stereocenters. The minimum atomic E-state index is -1.56. The molecule has 2 fully saturated rings. The molecular weight excluding hydrogens is 400 g/mol. The fourth-order valence-electron chi connectivity index (χ4n) is 3.65. The average molecular weight is 439 g/mol. The Bertz CT molecular complexity index is 465. The molecule has 2 aliphatic heterocycles. The molecule has 178 valence electrons. The maximum absolute atomic E-state index is 10.2. The van der Waals surface area contributed by atoms with Crippen molar-refractivity contribution in [2.45, 2.75) is 107 Å². The fraction of sp³-hybridized carbons (Fsp3) is 1.00. The third kappa shape index (κ3) is 7.33. The van der Waals surface area contributed by atoms with Gasteiger partial charge < -0.3 is 49.6 Å². The largest absolute Gasteiger partial charge is 0.394 e. The van der Waals surface area contributed by atoms with Crippen molar-refractivity contribution in [2.24, 2.45) is 0 Å². The summed E-state index contributed by atoms with van der Waals surface area (Å²) in [6.45, 7) is 1.83. The molecule has 10 heteroatoms. The minimum absolute atomic E-state index is 0.132. The quantitative estimate of drug-likeness (QED) is 0.209. The molecule has 30 heavy (non-hydrogen) atoms. The van der Waals surface area contributed by atoms with Crippen LogP contribution in [-0.4, -0.2) is 106 Å². The average Bonchev–Trinajstić information content (AvgIpc) is 2.74. The number of aliphatic hydroxyl groups excluding tert-OH is 6. The van der Waals surface area contributed by atoms with Gasteiger partial charge >= 0.3 is 0 Å². The normalized spacial score (nSPS) is 39.9. The number of aliphatic hydroxyl groups is 6. The van der Waals surface area contributed by atoms with Gasteiger partial charge in [-0.1, -0.05) is 39.0 Å².